The number of carboxylic acid groups (broad SMARTS) is 1. The van der Waals surface area contributed by atoms with Crippen molar-refractivity contribution in [3.63, 3.8) is 0 Å². The highest BCUT2D eigenvalue weighted by Crippen LogP contribution is 2.42. The minimum absolute atomic E-state index is 0.214. The van der Waals surface area contributed by atoms with Crippen molar-refractivity contribution in [2.24, 2.45) is 0 Å². The average molecular weight is 338 g/mol. The zero-order chi connectivity index (χ0) is 17.6. The number of fused-ring (bicyclic) bond motifs is 3. The van der Waals surface area contributed by atoms with Crippen LogP contribution in [0, 0.1) is 0 Å². The lowest BCUT2D eigenvalue weighted by Crippen LogP contribution is -2.36. The van der Waals surface area contributed by atoms with Gasteiger partial charge in [0, 0.05) is 36.6 Å². The van der Waals surface area contributed by atoms with Crippen LogP contribution in [0.2, 0.25) is 0 Å². The maximum atomic E-state index is 13.7. The largest absolute Gasteiger partial charge is 0.478 e. The van der Waals surface area contributed by atoms with Crippen LogP contribution in [0.25, 0.3) is 0 Å². The highest BCUT2D eigenvalue weighted by Gasteiger charge is 2.42. The Hall–Kier alpha value is -3.15. The predicted molar refractivity (Wildman–Crippen MR) is 89.2 cm³/mol. The number of carbonyl (C=O) groups excluding carboxylic acids is 1. The van der Waals surface area contributed by atoms with Crippen LogP contribution < -0.4 is 5.32 Å². The fourth-order valence-electron chi connectivity index (χ4n) is 3.45. The third-order valence-electron chi connectivity index (χ3n) is 4.56. The van der Waals surface area contributed by atoms with E-state index in [1.807, 2.05) is 17.2 Å². The normalized spacial score (nSPS) is 21.4. The second-order valence-electron chi connectivity index (χ2n) is 6.12. The van der Waals surface area contributed by atoms with Crippen LogP contribution in [-0.2, 0) is 11.3 Å². The predicted octanol–water partition coefficient (Wildman–Crippen LogP) is 2.30. The maximum Gasteiger partial charge on any atom is 0.335 e. The fraction of sp³-hybridized carbons (Fsp3) is 0.158. The van der Waals surface area contributed by atoms with E-state index in [1.54, 1.807) is 24.3 Å². The van der Waals surface area contributed by atoms with Gasteiger partial charge in [-0.05, 0) is 35.4 Å². The number of ketones is 1. The molecule has 0 radical (unpaired) electrons. The smallest absolute Gasteiger partial charge is 0.335 e. The summed E-state index contributed by atoms with van der Waals surface area (Å²) in [5, 5.41) is 12.1. The number of hydrogen-bond donors (Lipinski definition) is 2. The zero-order valence-corrected chi connectivity index (χ0v) is 13.2. The molecule has 0 amide bonds. The molecule has 5 nitrogen and oxygen atoms in total. The van der Waals surface area contributed by atoms with Crippen molar-refractivity contribution in [2.45, 2.75) is 12.6 Å². The molecule has 1 saturated heterocycles. The third kappa shape index (κ3) is 2.55. The number of halogens is 1. The van der Waals surface area contributed by atoms with Gasteiger partial charge in [-0.2, -0.15) is 0 Å². The van der Waals surface area contributed by atoms with Gasteiger partial charge in [0.2, 0.25) is 0 Å². The molecule has 4 rings (SSSR count). The van der Waals surface area contributed by atoms with E-state index in [0.29, 0.717) is 18.7 Å². The van der Waals surface area contributed by atoms with Gasteiger partial charge in [-0.3, -0.25) is 4.79 Å². The minimum Gasteiger partial charge on any atom is -0.478 e. The molecule has 2 N–H and O–H groups in total. The first-order chi connectivity index (χ1) is 12.0. The first kappa shape index (κ1) is 15.4. The van der Waals surface area contributed by atoms with Crippen molar-refractivity contribution in [2.75, 3.05) is 6.54 Å². The lowest BCUT2D eigenvalue weighted by molar-refractivity contribution is -0.117. The van der Waals surface area contributed by atoms with E-state index in [4.69, 9.17) is 5.11 Å². The SMILES string of the molecule is O=C(O)c1ccc(CN2C3=CCNC=C3C3=CC(F)=CC(=O)C32)cc1. The molecule has 2 heterocycles. The Morgan fingerprint density at radius 2 is 2.04 bits per heavy atom. The molecule has 1 aromatic carbocycles. The quantitative estimate of drug-likeness (QED) is 0.885. The standard InChI is InChI=1S/C19H15FN2O3/c20-13-7-14-15-9-21-6-5-16(15)22(18(14)17(23)8-13)10-11-1-3-12(4-2-11)19(24)25/h1-5,7-9,18,21H,6,10H2,(H,24,25). The number of carbonyl (C=O) groups is 2. The molecule has 3 aliphatic rings. The molecule has 0 aromatic heterocycles. The number of aromatic carboxylic acids is 1. The van der Waals surface area contributed by atoms with Gasteiger partial charge in [0.05, 0.1) is 5.56 Å². The molecule has 1 fully saturated rings. The van der Waals surface area contributed by atoms with Crippen LogP contribution in [0.4, 0.5) is 4.39 Å². The number of allylic oxidation sites excluding steroid dienone is 3. The van der Waals surface area contributed by atoms with E-state index >= 15 is 0 Å². The number of likely N-dealkylation sites (tertiary alicyclic amines) is 1. The van der Waals surface area contributed by atoms with Crippen LogP contribution >= 0.6 is 0 Å². The van der Waals surface area contributed by atoms with Crippen molar-refractivity contribution in [1.29, 1.82) is 0 Å². The Morgan fingerprint density at radius 3 is 2.76 bits per heavy atom. The number of benzene rings is 1. The minimum atomic E-state index is -0.979. The second-order valence-corrected chi connectivity index (χ2v) is 6.12. The molecule has 25 heavy (non-hydrogen) atoms. The Balaban J connectivity index is 1.70. The number of nitrogens with zero attached hydrogens (tertiary/aromatic N) is 1. The molecule has 1 unspecified atom stereocenters. The first-order valence-corrected chi connectivity index (χ1v) is 7.90. The summed E-state index contributed by atoms with van der Waals surface area (Å²) in [7, 11) is 0. The molecule has 0 saturated carbocycles. The highest BCUT2D eigenvalue weighted by atomic mass is 19.1. The summed E-state index contributed by atoms with van der Waals surface area (Å²) in [4.78, 5) is 25.3. The van der Waals surface area contributed by atoms with E-state index in [9.17, 15) is 14.0 Å². The molecule has 0 bridgehead atoms. The summed E-state index contributed by atoms with van der Waals surface area (Å²) in [6.07, 6.45) is 6.23. The number of hydrogen-bond acceptors (Lipinski definition) is 4. The lowest BCUT2D eigenvalue weighted by Gasteiger charge is -2.27. The van der Waals surface area contributed by atoms with Crippen LogP contribution in [0.3, 0.4) is 0 Å². The van der Waals surface area contributed by atoms with Crippen LogP contribution in [0.1, 0.15) is 15.9 Å². The molecule has 6 heteroatoms. The number of dihydropyridines is 1. The molecule has 1 aliphatic carbocycles. The lowest BCUT2D eigenvalue weighted by atomic mass is 9.94. The maximum absolute atomic E-state index is 13.7. The summed E-state index contributed by atoms with van der Waals surface area (Å²) in [6.45, 7) is 1.07. The zero-order valence-electron chi connectivity index (χ0n) is 13.2. The molecular weight excluding hydrogens is 323 g/mol. The van der Waals surface area contributed by atoms with Gasteiger partial charge >= 0.3 is 5.97 Å². The van der Waals surface area contributed by atoms with Gasteiger partial charge in [0.1, 0.15) is 11.9 Å². The summed E-state index contributed by atoms with van der Waals surface area (Å²) < 4.78 is 13.7. The fourth-order valence-corrected chi connectivity index (χ4v) is 3.45. The van der Waals surface area contributed by atoms with E-state index in [0.717, 1.165) is 22.9 Å². The Kier molecular flexibility index (Phi) is 3.53. The number of rotatable bonds is 3. The molecule has 2 aliphatic heterocycles. The summed E-state index contributed by atoms with van der Waals surface area (Å²) in [6, 6.07) is 6.01. The second kappa shape index (κ2) is 5.73. The van der Waals surface area contributed by atoms with E-state index in [-0.39, 0.29) is 11.3 Å². The topological polar surface area (TPSA) is 69.6 Å². The van der Waals surface area contributed by atoms with E-state index in [2.05, 4.69) is 5.32 Å². The summed E-state index contributed by atoms with van der Waals surface area (Å²) in [5.41, 5.74) is 3.48. The Morgan fingerprint density at radius 1 is 1.28 bits per heavy atom. The molecular formula is C19H15FN2O3. The summed E-state index contributed by atoms with van der Waals surface area (Å²) >= 11 is 0. The van der Waals surface area contributed by atoms with Gasteiger partial charge in [-0.1, -0.05) is 12.1 Å². The molecule has 0 spiro atoms. The molecule has 1 atom stereocenters. The average Bonchev–Trinajstić information content (AvgIpc) is 2.90. The monoisotopic (exact) mass is 338 g/mol. The first-order valence-electron chi connectivity index (χ1n) is 7.90. The van der Waals surface area contributed by atoms with Crippen LogP contribution in [0.5, 0.6) is 0 Å². The number of nitrogens with one attached hydrogen (secondary N) is 1. The Bertz CT molecular complexity index is 894. The third-order valence-corrected chi connectivity index (χ3v) is 4.56. The van der Waals surface area contributed by atoms with Crippen molar-refractivity contribution in [3.05, 3.63) is 82.5 Å². The van der Waals surface area contributed by atoms with Gasteiger partial charge in [-0.15, -0.1) is 0 Å². The van der Waals surface area contributed by atoms with Crippen LogP contribution in [0.15, 0.2) is 71.4 Å². The van der Waals surface area contributed by atoms with E-state index in [1.165, 1.54) is 6.08 Å². The van der Waals surface area contributed by atoms with Crippen molar-refractivity contribution >= 4 is 11.8 Å². The molecule has 1 aromatic rings. The van der Waals surface area contributed by atoms with Crippen molar-refractivity contribution in [3.8, 4) is 0 Å². The number of carboxylic acids is 1. The summed E-state index contributed by atoms with van der Waals surface area (Å²) in [5.74, 6) is -1.80. The molecule has 126 valence electrons. The highest BCUT2D eigenvalue weighted by molar-refractivity contribution is 6.01. The van der Waals surface area contributed by atoms with Crippen molar-refractivity contribution in [1.82, 2.24) is 10.2 Å². The van der Waals surface area contributed by atoms with Gasteiger partial charge in [0.15, 0.2) is 5.78 Å². The Labute approximate surface area is 143 Å². The van der Waals surface area contributed by atoms with Gasteiger partial charge in [0.25, 0.3) is 0 Å². The van der Waals surface area contributed by atoms with Gasteiger partial charge in [-0.25, -0.2) is 9.18 Å². The van der Waals surface area contributed by atoms with Crippen molar-refractivity contribution < 1.29 is 19.1 Å². The van der Waals surface area contributed by atoms with E-state index < -0.39 is 17.8 Å². The van der Waals surface area contributed by atoms with Crippen LogP contribution in [-0.4, -0.2) is 34.3 Å². The van der Waals surface area contributed by atoms with Gasteiger partial charge < -0.3 is 15.3 Å².